The van der Waals surface area contributed by atoms with Gasteiger partial charge in [-0.15, -0.1) is 0 Å². The van der Waals surface area contributed by atoms with E-state index in [9.17, 15) is 14.4 Å². The van der Waals surface area contributed by atoms with Crippen molar-refractivity contribution >= 4 is 17.9 Å². The Hall–Kier alpha value is -1.59. The predicted molar refractivity (Wildman–Crippen MR) is 257 cm³/mol. The summed E-state index contributed by atoms with van der Waals surface area (Å²) in [6, 6.07) is 0. The summed E-state index contributed by atoms with van der Waals surface area (Å²) >= 11 is 0. The van der Waals surface area contributed by atoms with Crippen LogP contribution in [0.1, 0.15) is 304 Å². The second-order valence-corrected chi connectivity index (χ2v) is 19.0. The molecular weight excluding hydrogens is 745 g/mol. The third kappa shape index (κ3) is 47.5. The van der Waals surface area contributed by atoms with Gasteiger partial charge in [0.05, 0.1) is 0 Å². The summed E-state index contributed by atoms with van der Waals surface area (Å²) < 4.78 is 16.8. The van der Waals surface area contributed by atoms with Crippen molar-refractivity contribution in [1.29, 1.82) is 0 Å². The monoisotopic (exact) mass is 849 g/mol. The van der Waals surface area contributed by atoms with Crippen molar-refractivity contribution in [3.63, 3.8) is 0 Å². The minimum atomic E-state index is -0.760. The van der Waals surface area contributed by atoms with Gasteiger partial charge in [0.15, 0.2) is 6.10 Å². The molecule has 356 valence electrons. The predicted octanol–water partition coefficient (Wildman–Crippen LogP) is 17.5. The number of esters is 3. The molecule has 6 heteroatoms. The van der Waals surface area contributed by atoms with Crippen molar-refractivity contribution in [3.8, 4) is 0 Å². The quantitative estimate of drug-likeness (QED) is 0.0345. The summed E-state index contributed by atoms with van der Waals surface area (Å²) in [5.74, 6) is 0.00261. The summed E-state index contributed by atoms with van der Waals surface area (Å²) in [6.07, 6.45) is 50.8. The highest BCUT2D eigenvalue weighted by molar-refractivity contribution is 5.71. The molecule has 0 unspecified atom stereocenters. The summed E-state index contributed by atoms with van der Waals surface area (Å²) in [4.78, 5) is 38.0. The van der Waals surface area contributed by atoms with Gasteiger partial charge in [0.2, 0.25) is 0 Å². The first kappa shape index (κ1) is 58.4. The number of hydrogen-bond acceptors (Lipinski definition) is 6. The average molecular weight is 849 g/mol. The van der Waals surface area contributed by atoms with E-state index in [1.54, 1.807) is 0 Å². The van der Waals surface area contributed by atoms with Gasteiger partial charge in [0.1, 0.15) is 13.2 Å². The molecule has 0 spiro atoms. The Kier molecular flexibility index (Phi) is 47.2. The van der Waals surface area contributed by atoms with E-state index >= 15 is 0 Å². The first-order valence-electron chi connectivity index (χ1n) is 26.9. The normalized spacial score (nSPS) is 11.9. The third-order valence-corrected chi connectivity index (χ3v) is 12.3. The van der Waals surface area contributed by atoms with Gasteiger partial charge in [-0.25, -0.2) is 0 Å². The molecule has 0 amide bonds. The van der Waals surface area contributed by atoms with Crippen LogP contribution in [0.4, 0.5) is 0 Å². The summed E-state index contributed by atoms with van der Waals surface area (Å²) in [5, 5.41) is 0. The van der Waals surface area contributed by atoms with E-state index in [4.69, 9.17) is 14.2 Å². The Morgan fingerprint density at radius 2 is 0.550 bits per heavy atom. The topological polar surface area (TPSA) is 78.9 Å². The lowest BCUT2D eigenvalue weighted by Crippen LogP contribution is -2.30. The van der Waals surface area contributed by atoms with Crippen LogP contribution in [0, 0.1) is 5.92 Å². The van der Waals surface area contributed by atoms with Crippen molar-refractivity contribution in [1.82, 2.24) is 0 Å². The molecule has 0 bridgehead atoms. The number of hydrogen-bond donors (Lipinski definition) is 0. The summed E-state index contributed by atoms with van der Waals surface area (Å²) in [7, 11) is 0. The van der Waals surface area contributed by atoms with E-state index in [1.165, 1.54) is 199 Å². The van der Waals surface area contributed by atoms with Gasteiger partial charge in [-0.2, -0.15) is 0 Å². The number of ether oxygens (including phenoxy) is 3. The maximum atomic E-state index is 12.8. The van der Waals surface area contributed by atoms with E-state index in [2.05, 4.69) is 27.7 Å². The molecule has 0 aromatic carbocycles. The van der Waals surface area contributed by atoms with Gasteiger partial charge >= 0.3 is 17.9 Å². The molecule has 0 heterocycles. The minimum absolute atomic E-state index is 0.0623. The Morgan fingerprint density at radius 3 is 0.817 bits per heavy atom. The molecule has 60 heavy (non-hydrogen) atoms. The van der Waals surface area contributed by atoms with E-state index in [0.29, 0.717) is 19.3 Å². The van der Waals surface area contributed by atoms with Crippen LogP contribution in [-0.2, 0) is 28.6 Å². The molecule has 0 aliphatic heterocycles. The molecule has 0 N–H and O–H groups in total. The molecule has 0 saturated heterocycles. The average Bonchev–Trinajstić information content (AvgIpc) is 3.23. The Morgan fingerprint density at radius 1 is 0.317 bits per heavy atom. The second kappa shape index (κ2) is 48.4. The summed E-state index contributed by atoms with van der Waals surface area (Å²) in [5.41, 5.74) is 0. The SMILES string of the molecule is CCCCCCCCCCCCCCCC(=O)OC[C@@H](COC(=O)CCCCCCCCCCCCCC)OC(=O)CCCCCCCCCCCCCCCCC(C)C. The van der Waals surface area contributed by atoms with E-state index in [-0.39, 0.29) is 31.1 Å². The standard InChI is InChI=1S/C54H104O6/c1-5-7-9-11-13-15-17-21-26-30-34-38-42-46-53(56)59-49-51(48-58-52(55)45-41-37-33-29-25-18-16-14-12-10-8-6-2)60-54(57)47-43-39-35-31-27-23-20-19-22-24-28-32-36-40-44-50(3)4/h50-51H,5-49H2,1-4H3/t51-/m1/s1. The lowest BCUT2D eigenvalue weighted by Gasteiger charge is -2.18. The van der Waals surface area contributed by atoms with Gasteiger partial charge < -0.3 is 14.2 Å². The van der Waals surface area contributed by atoms with Gasteiger partial charge in [-0.05, 0) is 25.2 Å². The van der Waals surface area contributed by atoms with Crippen molar-refractivity contribution in [2.24, 2.45) is 5.92 Å². The van der Waals surface area contributed by atoms with Crippen molar-refractivity contribution < 1.29 is 28.6 Å². The fourth-order valence-corrected chi connectivity index (χ4v) is 8.22. The maximum absolute atomic E-state index is 12.8. The first-order chi connectivity index (χ1) is 29.4. The Balaban J connectivity index is 4.29. The van der Waals surface area contributed by atoms with Crippen molar-refractivity contribution in [2.75, 3.05) is 13.2 Å². The van der Waals surface area contributed by atoms with Crippen LogP contribution in [0.5, 0.6) is 0 Å². The smallest absolute Gasteiger partial charge is 0.306 e. The lowest BCUT2D eigenvalue weighted by atomic mass is 10.0. The Bertz CT molecular complexity index is 903. The fourth-order valence-electron chi connectivity index (χ4n) is 8.22. The number of rotatable bonds is 49. The van der Waals surface area contributed by atoms with Gasteiger partial charge in [-0.1, -0.05) is 265 Å². The van der Waals surface area contributed by atoms with Crippen LogP contribution < -0.4 is 0 Å². The number of carbonyl (C=O) groups excluding carboxylic acids is 3. The Labute approximate surface area is 374 Å². The van der Waals surface area contributed by atoms with Crippen molar-refractivity contribution in [3.05, 3.63) is 0 Å². The molecule has 0 aromatic heterocycles. The fraction of sp³-hybridized carbons (Fsp3) is 0.944. The maximum Gasteiger partial charge on any atom is 0.306 e. The van der Waals surface area contributed by atoms with Crippen LogP contribution in [0.2, 0.25) is 0 Å². The molecule has 0 rings (SSSR count). The van der Waals surface area contributed by atoms with Crippen LogP contribution >= 0.6 is 0 Å². The zero-order chi connectivity index (χ0) is 43.8. The molecule has 0 aliphatic carbocycles. The van der Waals surface area contributed by atoms with Crippen LogP contribution in [0.3, 0.4) is 0 Å². The van der Waals surface area contributed by atoms with Gasteiger partial charge in [0, 0.05) is 19.3 Å². The summed E-state index contributed by atoms with van der Waals surface area (Å²) in [6.45, 7) is 9.04. The molecule has 0 aromatic rings. The van der Waals surface area contributed by atoms with E-state index in [0.717, 1.165) is 63.7 Å². The highest BCUT2D eigenvalue weighted by Crippen LogP contribution is 2.17. The molecule has 0 radical (unpaired) electrons. The molecule has 0 fully saturated rings. The van der Waals surface area contributed by atoms with Crippen molar-refractivity contribution in [2.45, 2.75) is 310 Å². The molecule has 0 saturated carbocycles. The van der Waals surface area contributed by atoms with E-state index < -0.39 is 6.10 Å². The van der Waals surface area contributed by atoms with Gasteiger partial charge in [0.25, 0.3) is 0 Å². The molecule has 0 aliphatic rings. The first-order valence-corrected chi connectivity index (χ1v) is 26.9. The van der Waals surface area contributed by atoms with Crippen LogP contribution in [0.15, 0.2) is 0 Å². The highest BCUT2D eigenvalue weighted by Gasteiger charge is 2.19. The molecule has 6 nitrogen and oxygen atoms in total. The largest absolute Gasteiger partial charge is 0.462 e. The molecule has 1 atom stereocenters. The number of carbonyl (C=O) groups is 3. The van der Waals surface area contributed by atoms with E-state index in [1.807, 2.05) is 0 Å². The zero-order valence-electron chi connectivity index (χ0n) is 40.9. The minimum Gasteiger partial charge on any atom is -0.462 e. The zero-order valence-corrected chi connectivity index (χ0v) is 40.9. The van der Waals surface area contributed by atoms with Crippen LogP contribution in [-0.4, -0.2) is 37.2 Å². The molecular formula is C54H104O6. The van der Waals surface area contributed by atoms with Gasteiger partial charge in [-0.3, -0.25) is 14.4 Å². The van der Waals surface area contributed by atoms with Crippen LogP contribution in [0.25, 0.3) is 0 Å². The highest BCUT2D eigenvalue weighted by atomic mass is 16.6. The number of unbranched alkanes of at least 4 members (excludes halogenated alkanes) is 36. The second-order valence-electron chi connectivity index (χ2n) is 19.0. The third-order valence-electron chi connectivity index (χ3n) is 12.3. The lowest BCUT2D eigenvalue weighted by molar-refractivity contribution is -0.167.